The fourth-order valence-electron chi connectivity index (χ4n) is 3.85. The number of rotatable bonds is 2. The van der Waals surface area contributed by atoms with Crippen molar-refractivity contribution in [3.8, 4) is 12.3 Å². The number of aromatic nitrogens is 1. The number of allylic oxidation sites excluding steroid dienone is 1. The largest absolute Gasteiger partial charge is 0.477 e. The first-order chi connectivity index (χ1) is 11.5. The van der Waals surface area contributed by atoms with Crippen LogP contribution < -0.4 is 0 Å². The van der Waals surface area contributed by atoms with Crippen LogP contribution in [0, 0.1) is 17.8 Å². The lowest BCUT2D eigenvalue weighted by atomic mass is 9.86. The highest BCUT2D eigenvalue weighted by Crippen LogP contribution is 2.54. The van der Waals surface area contributed by atoms with Gasteiger partial charge in [-0.15, -0.1) is 6.42 Å². The van der Waals surface area contributed by atoms with Crippen molar-refractivity contribution in [2.24, 2.45) is 5.41 Å². The van der Waals surface area contributed by atoms with Crippen LogP contribution in [0.25, 0.3) is 5.70 Å². The minimum absolute atomic E-state index is 0.0207. The number of nitrogens with zero attached hydrogens (tertiary/aromatic N) is 2. The van der Waals surface area contributed by atoms with Crippen molar-refractivity contribution < 1.29 is 14.7 Å². The zero-order valence-electron chi connectivity index (χ0n) is 13.3. The minimum atomic E-state index is -1.08. The van der Waals surface area contributed by atoms with Gasteiger partial charge in [0.2, 0.25) is 0 Å². The number of pyridine rings is 1. The molecule has 3 aliphatic rings. The van der Waals surface area contributed by atoms with E-state index in [2.05, 4.69) is 15.8 Å². The Morgan fingerprint density at radius 3 is 2.58 bits per heavy atom. The number of carbonyl (C=O) groups is 2. The summed E-state index contributed by atoms with van der Waals surface area (Å²) in [4.78, 5) is 29.8. The van der Waals surface area contributed by atoms with E-state index in [1.54, 1.807) is 6.07 Å². The highest BCUT2D eigenvalue weighted by atomic mass is 16.4. The molecule has 1 aromatic rings. The molecule has 0 unspecified atom stereocenters. The van der Waals surface area contributed by atoms with Crippen LogP contribution in [0.15, 0.2) is 17.8 Å². The first kappa shape index (κ1) is 14.9. The van der Waals surface area contributed by atoms with Gasteiger partial charge in [-0.3, -0.25) is 4.79 Å². The van der Waals surface area contributed by atoms with Gasteiger partial charge in [-0.25, -0.2) is 9.78 Å². The Labute approximate surface area is 140 Å². The van der Waals surface area contributed by atoms with E-state index >= 15 is 0 Å². The summed E-state index contributed by atoms with van der Waals surface area (Å²) in [5.74, 6) is 1.38. The van der Waals surface area contributed by atoms with Crippen molar-refractivity contribution >= 4 is 17.4 Å². The van der Waals surface area contributed by atoms with Crippen molar-refractivity contribution in [2.45, 2.75) is 32.1 Å². The molecule has 2 heterocycles. The number of ketones is 1. The number of aromatic carboxylic acids is 1. The summed E-state index contributed by atoms with van der Waals surface area (Å²) >= 11 is 0. The summed E-state index contributed by atoms with van der Waals surface area (Å²) < 4.78 is 0. The van der Waals surface area contributed by atoms with Crippen molar-refractivity contribution in [3.05, 3.63) is 34.7 Å². The third-order valence-corrected chi connectivity index (χ3v) is 5.57. The molecule has 1 saturated carbocycles. The van der Waals surface area contributed by atoms with Crippen LogP contribution in [0.1, 0.15) is 47.3 Å². The maximum absolute atomic E-state index is 12.4. The molecule has 1 aliphatic heterocycles. The van der Waals surface area contributed by atoms with Crippen LogP contribution in [-0.2, 0) is 11.2 Å². The van der Waals surface area contributed by atoms with Gasteiger partial charge in [-0.2, -0.15) is 0 Å². The number of Topliss-reactive ketones (excluding diaryl/α,β-unsaturated/α-hetero) is 1. The Morgan fingerprint density at radius 1 is 1.29 bits per heavy atom. The van der Waals surface area contributed by atoms with E-state index in [-0.39, 0.29) is 17.9 Å². The van der Waals surface area contributed by atoms with Gasteiger partial charge in [0, 0.05) is 31.3 Å². The molecule has 24 heavy (non-hydrogen) atoms. The number of hydrogen-bond acceptors (Lipinski definition) is 4. The normalized spacial score (nSPS) is 21.5. The van der Waals surface area contributed by atoms with E-state index in [9.17, 15) is 14.7 Å². The molecule has 1 N–H and O–H groups in total. The molecule has 5 nitrogen and oxygen atoms in total. The second kappa shape index (κ2) is 5.20. The average molecular weight is 322 g/mol. The third kappa shape index (κ3) is 2.30. The molecule has 2 fully saturated rings. The highest BCUT2D eigenvalue weighted by Gasteiger charge is 2.45. The molecule has 2 aliphatic carbocycles. The molecular weight excluding hydrogens is 304 g/mol. The van der Waals surface area contributed by atoms with Gasteiger partial charge in [0.15, 0.2) is 5.78 Å². The number of terminal acetylenes is 1. The van der Waals surface area contributed by atoms with Gasteiger partial charge in [0.25, 0.3) is 0 Å². The van der Waals surface area contributed by atoms with Crippen molar-refractivity contribution in [2.75, 3.05) is 13.1 Å². The van der Waals surface area contributed by atoms with Crippen LogP contribution in [0.4, 0.5) is 0 Å². The number of carbonyl (C=O) groups excluding carboxylic acids is 1. The zero-order valence-corrected chi connectivity index (χ0v) is 13.3. The summed E-state index contributed by atoms with van der Waals surface area (Å²) in [6, 6.07) is 1.55. The van der Waals surface area contributed by atoms with E-state index in [1.165, 1.54) is 19.0 Å². The van der Waals surface area contributed by atoms with Crippen LogP contribution in [0.2, 0.25) is 0 Å². The van der Waals surface area contributed by atoms with E-state index < -0.39 is 5.97 Å². The van der Waals surface area contributed by atoms with Crippen molar-refractivity contribution in [1.82, 2.24) is 9.88 Å². The quantitative estimate of drug-likeness (QED) is 0.845. The number of fused-ring (bicyclic) bond motifs is 1. The lowest BCUT2D eigenvalue weighted by molar-refractivity contribution is -0.114. The predicted octanol–water partition coefficient (Wildman–Crippen LogP) is 2.13. The van der Waals surface area contributed by atoms with E-state index in [0.29, 0.717) is 11.0 Å². The second-order valence-electron chi connectivity index (χ2n) is 6.99. The SMILES string of the molecule is C#CC1=C(N2CCC3(CC2)CC3)c2cc(C(=O)O)ncc2CC1=O. The predicted molar refractivity (Wildman–Crippen MR) is 88.1 cm³/mol. The molecule has 0 aromatic carbocycles. The number of piperidine rings is 1. The summed E-state index contributed by atoms with van der Waals surface area (Å²) in [7, 11) is 0. The molecule has 4 rings (SSSR count). The number of likely N-dealkylation sites (tertiary alicyclic amines) is 1. The summed E-state index contributed by atoms with van der Waals surface area (Å²) in [5, 5.41) is 9.24. The van der Waals surface area contributed by atoms with Gasteiger partial charge in [-0.05, 0) is 42.7 Å². The molecule has 1 saturated heterocycles. The molecule has 0 atom stereocenters. The summed E-state index contributed by atoms with van der Waals surface area (Å²) in [5.41, 5.74) is 3.10. The van der Waals surface area contributed by atoms with Gasteiger partial charge in [0.1, 0.15) is 5.69 Å². The van der Waals surface area contributed by atoms with Crippen LogP contribution in [0.5, 0.6) is 0 Å². The zero-order chi connectivity index (χ0) is 16.9. The Hall–Kier alpha value is -2.61. The van der Waals surface area contributed by atoms with Crippen molar-refractivity contribution in [3.63, 3.8) is 0 Å². The topological polar surface area (TPSA) is 70.5 Å². The van der Waals surface area contributed by atoms with Crippen LogP contribution in [-0.4, -0.2) is 39.8 Å². The maximum atomic E-state index is 12.4. The average Bonchev–Trinajstić information content (AvgIpc) is 3.33. The van der Waals surface area contributed by atoms with Crippen LogP contribution >= 0.6 is 0 Å². The minimum Gasteiger partial charge on any atom is -0.477 e. The molecule has 122 valence electrons. The Kier molecular flexibility index (Phi) is 3.24. The first-order valence-electron chi connectivity index (χ1n) is 8.25. The first-order valence-corrected chi connectivity index (χ1v) is 8.25. The lowest BCUT2D eigenvalue weighted by Gasteiger charge is -2.37. The summed E-state index contributed by atoms with van der Waals surface area (Å²) in [6.07, 6.45) is 12.1. The maximum Gasteiger partial charge on any atom is 0.354 e. The second-order valence-corrected chi connectivity index (χ2v) is 6.99. The van der Waals surface area contributed by atoms with E-state index in [4.69, 9.17) is 6.42 Å². The van der Waals surface area contributed by atoms with E-state index in [1.807, 2.05) is 0 Å². The number of carboxylic acids is 1. The smallest absolute Gasteiger partial charge is 0.354 e. The molecule has 0 amide bonds. The standard InChI is InChI=1S/C19H18N2O3/c1-2-13-16(22)9-12-11-20-15(18(23)24)10-14(12)17(13)21-7-5-19(3-4-19)6-8-21/h1,10-11H,3-9H2,(H,23,24). The molecule has 5 heteroatoms. The molecule has 1 aromatic heterocycles. The number of hydrogen-bond donors (Lipinski definition) is 1. The third-order valence-electron chi connectivity index (χ3n) is 5.57. The summed E-state index contributed by atoms with van der Waals surface area (Å²) in [6.45, 7) is 1.72. The van der Waals surface area contributed by atoms with Gasteiger partial charge >= 0.3 is 5.97 Å². The highest BCUT2D eigenvalue weighted by molar-refractivity contribution is 6.10. The molecule has 1 spiro atoms. The van der Waals surface area contributed by atoms with Crippen molar-refractivity contribution in [1.29, 1.82) is 0 Å². The fraction of sp³-hybridized carbons (Fsp3) is 0.421. The number of carboxylic acid groups (broad SMARTS) is 1. The Morgan fingerprint density at radius 2 is 2.00 bits per heavy atom. The van der Waals surface area contributed by atoms with Gasteiger partial charge in [0.05, 0.1) is 11.3 Å². The molecule has 0 radical (unpaired) electrons. The Bertz CT molecular complexity index is 818. The van der Waals surface area contributed by atoms with Crippen LogP contribution in [0.3, 0.4) is 0 Å². The van der Waals surface area contributed by atoms with Gasteiger partial charge in [-0.1, -0.05) is 5.92 Å². The molecule has 0 bridgehead atoms. The van der Waals surface area contributed by atoms with Gasteiger partial charge < -0.3 is 10.0 Å². The lowest BCUT2D eigenvalue weighted by Crippen LogP contribution is -2.36. The van der Waals surface area contributed by atoms with E-state index in [0.717, 1.165) is 42.8 Å². The monoisotopic (exact) mass is 322 g/mol. The fourth-order valence-corrected chi connectivity index (χ4v) is 3.85. The Balaban J connectivity index is 1.79. The molecular formula is C19H18N2O3.